The summed E-state index contributed by atoms with van der Waals surface area (Å²) in [4.78, 5) is 10.0. The largest absolute Gasteiger partial charge is 0.464 e. The first-order valence-electron chi connectivity index (χ1n) is 2.63. The highest BCUT2D eigenvalue weighted by Gasteiger charge is 1.96. The van der Waals surface area contributed by atoms with Gasteiger partial charge in [0.05, 0.1) is 0 Å². The van der Waals surface area contributed by atoms with Crippen molar-refractivity contribution in [3.63, 3.8) is 0 Å². The Morgan fingerprint density at radius 2 is 2.50 bits per heavy atom. The molecule has 0 aliphatic heterocycles. The molecule has 54 valence electrons. The zero-order valence-corrected chi connectivity index (χ0v) is 5.11. The van der Waals surface area contributed by atoms with E-state index in [2.05, 4.69) is 5.43 Å². The molecule has 0 aliphatic rings. The zero-order chi connectivity index (χ0) is 7.56. The summed E-state index contributed by atoms with van der Waals surface area (Å²) in [6.45, 7) is 0. The molecule has 0 unspecified atom stereocenters. The molecule has 0 saturated heterocycles. The van der Waals surface area contributed by atoms with Crippen LogP contribution in [-0.4, -0.2) is 15.9 Å². The number of nitrogens with two attached hydrogens (primary N) is 1. The molecular formula is C5H7N3O2. The van der Waals surface area contributed by atoms with Crippen LogP contribution in [0.1, 0.15) is 0 Å². The van der Waals surface area contributed by atoms with E-state index in [1.165, 1.54) is 10.9 Å². The van der Waals surface area contributed by atoms with E-state index in [-0.39, 0.29) is 0 Å². The molecule has 5 nitrogen and oxygen atoms in total. The molecule has 0 fully saturated rings. The summed E-state index contributed by atoms with van der Waals surface area (Å²) >= 11 is 0. The first kappa shape index (κ1) is 6.47. The summed E-state index contributed by atoms with van der Waals surface area (Å²) in [5.74, 6) is 0.363. The lowest BCUT2D eigenvalue weighted by molar-refractivity contribution is 0.206. The second-order valence-corrected chi connectivity index (χ2v) is 1.72. The molecule has 1 aromatic rings. The Morgan fingerprint density at radius 1 is 1.80 bits per heavy atom. The van der Waals surface area contributed by atoms with Crippen molar-refractivity contribution in [1.29, 1.82) is 0 Å². The minimum atomic E-state index is -1.14. The molecule has 0 aromatic carbocycles. The Labute approximate surface area is 57.0 Å². The fourth-order valence-electron chi connectivity index (χ4n) is 0.599. The van der Waals surface area contributed by atoms with Gasteiger partial charge in [-0.1, -0.05) is 0 Å². The van der Waals surface area contributed by atoms with Gasteiger partial charge in [-0.15, -0.1) is 0 Å². The number of hydrogen-bond acceptors (Lipinski definition) is 2. The maximum absolute atomic E-state index is 10.0. The molecule has 1 amide bonds. The van der Waals surface area contributed by atoms with Crippen molar-refractivity contribution in [3.05, 3.63) is 18.3 Å². The van der Waals surface area contributed by atoms with Gasteiger partial charge in [0.15, 0.2) is 0 Å². The lowest BCUT2D eigenvalue weighted by Gasteiger charge is -2.02. The maximum Gasteiger partial charge on any atom is 0.424 e. The number of rotatable bonds is 1. The number of carboxylic acid groups (broad SMARTS) is 1. The summed E-state index contributed by atoms with van der Waals surface area (Å²) in [6.07, 6.45) is 0.381. The molecular weight excluding hydrogens is 134 g/mol. The van der Waals surface area contributed by atoms with Crippen LogP contribution in [0, 0.1) is 0 Å². The van der Waals surface area contributed by atoms with Gasteiger partial charge in [0.2, 0.25) is 0 Å². The van der Waals surface area contributed by atoms with Crippen LogP contribution in [-0.2, 0) is 0 Å². The van der Waals surface area contributed by atoms with Gasteiger partial charge in [-0.3, -0.25) is 0 Å². The van der Waals surface area contributed by atoms with Gasteiger partial charge in [0, 0.05) is 6.20 Å². The molecule has 0 bridgehead atoms. The van der Waals surface area contributed by atoms with E-state index in [9.17, 15) is 4.79 Å². The number of nitrogen functional groups attached to an aromatic ring is 1. The molecule has 0 spiro atoms. The Hall–Kier alpha value is -1.65. The third-order valence-electron chi connectivity index (χ3n) is 0.996. The minimum Gasteiger partial charge on any atom is -0.464 e. The van der Waals surface area contributed by atoms with E-state index in [4.69, 9.17) is 10.8 Å². The van der Waals surface area contributed by atoms with E-state index in [0.717, 1.165) is 0 Å². The Kier molecular flexibility index (Phi) is 1.49. The van der Waals surface area contributed by atoms with Crippen LogP contribution in [0.4, 0.5) is 10.6 Å². The lowest BCUT2D eigenvalue weighted by Crippen LogP contribution is -2.20. The predicted octanol–water partition coefficient (Wildman–Crippen LogP) is 0.292. The third kappa shape index (κ3) is 1.19. The number of carbonyl (C=O) groups is 1. The first-order valence-corrected chi connectivity index (χ1v) is 2.63. The number of hydrogen-bond donors (Lipinski definition) is 3. The number of anilines is 1. The van der Waals surface area contributed by atoms with Crippen molar-refractivity contribution >= 4 is 11.9 Å². The molecule has 1 aromatic heterocycles. The summed E-state index contributed by atoms with van der Waals surface area (Å²) in [5.41, 5.74) is 7.39. The highest BCUT2D eigenvalue weighted by molar-refractivity contribution is 5.74. The number of aromatic nitrogens is 1. The molecule has 1 rings (SSSR count). The van der Waals surface area contributed by atoms with Crippen LogP contribution >= 0.6 is 0 Å². The van der Waals surface area contributed by atoms with Crippen LogP contribution in [0.2, 0.25) is 0 Å². The van der Waals surface area contributed by atoms with E-state index in [0.29, 0.717) is 5.82 Å². The summed E-state index contributed by atoms with van der Waals surface area (Å²) in [6, 6.07) is 3.24. The fraction of sp³-hybridized carbons (Fsp3) is 0. The van der Waals surface area contributed by atoms with Crippen molar-refractivity contribution in [3.8, 4) is 0 Å². The van der Waals surface area contributed by atoms with Crippen LogP contribution in [0.3, 0.4) is 0 Å². The monoisotopic (exact) mass is 141 g/mol. The van der Waals surface area contributed by atoms with Crippen molar-refractivity contribution in [2.24, 2.45) is 0 Å². The second kappa shape index (κ2) is 2.30. The Balaban J connectivity index is 2.74. The van der Waals surface area contributed by atoms with Gasteiger partial charge in [-0.2, -0.15) is 0 Å². The van der Waals surface area contributed by atoms with E-state index in [1.807, 2.05) is 0 Å². The molecule has 1 heterocycles. The average molecular weight is 141 g/mol. The zero-order valence-electron chi connectivity index (χ0n) is 5.11. The van der Waals surface area contributed by atoms with Crippen molar-refractivity contribution in [2.75, 3.05) is 11.2 Å². The Morgan fingerprint density at radius 3 is 2.90 bits per heavy atom. The molecule has 5 heteroatoms. The molecule has 0 saturated carbocycles. The minimum absolute atomic E-state index is 0.363. The van der Waals surface area contributed by atoms with Crippen LogP contribution in [0.5, 0.6) is 0 Å². The topological polar surface area (TPSA) is 80.3 Å². The number of nitrogens with one attached hydrogen (secondary N) is 1. The van der Waals surface area contributed by atoms with Gasteiger partial charge >= 0.3 is 6.09 Å². The van der Waals surface area contributed by atoms with Crippen LogP contribution in [0.25, 0.3) is 0 Å². The quantitative estimate of drug-likeness (QED) is 0.525. The highest BCUT2D eigenvalue weighted by Crippen LogP contribution is 1.98. The molecule has 0 aliphatic carbocycles. The van der Waals surface area contributed by atoms with Gasteiger partial charge in [0.25, 0.3) is 0 Å². The highest BCUT2D eigenvalue weighted by atomic mass is 16.4. The number of nitrogens with zero attached hydrogens (tertiary/aromatic N) is 1. The van der Waals surface area contributed by atoms with E-state index >= 15 is 0 Å². The van der Waals surface area contributed by atoms with Crippen molar-refractivity contribution < 1.29 is 9.90 Å². The van der Waals surface area contributed by atoms with Crippen LogP contribution in [0.15, 0.2) is 18.3 Å². The molecule has 0 radical (unpaired) electrons. The van der Waals surface area contributed by atoms with E-state index in [1.54, 1.807) is 12.1 Å². The van der Waals surface area contributed by atoms with Gasteiger partial charge in [0.1, 0.15) is 5.82 Å². The van der Waals surface area contributed by atoms with Crippen molar-refractivity contribution in [2.45, 2.75) is 0 Å². The fourth-order valence-corrected chi connectivity index (χ4v) is 0.599. The summed E-state index contributed by atoms with van der Waals surface area (Å²) in [5, 5.41) is 8.22. The van der Waals surface area contributed by atoms with Crippen LogP contribution < -0.4 is 11.2 Å². The SMILES string of the molecule is Nc1cccn1NC(=O)O. The first-order chi connectivity index (χ1) is 4.70. The molecule has 10 heavy (non-hydrogen) atoms. The molecule has 4 N–H and O–H groups in total. The number of amides is 1. The van der Waals surface area contributed by atoms with Gasteiger partial charge < -0.3 is 10.8 Å². The predicted molar refractivity (Wildman–Crippen MR) is 36.2 cm³/mol. The van der Waals surface area contributed by atoms with Gasteiger partial charge in [-0.25, -0.2) is 14.9 Å². The van der Waals surface area contributed by atoms with E-state index < -0.39 is 6.09 Å². The molecule has 0 atom stereocenters. The summed E-state index contributed by atoms with van der Waals surface area (Å²) < 4.78 is 1.21. The third-order valence-corrected chi connectivity index (χ3v) is 0.996. The van der Waals surface area contributed by atoms with Crippen molar-refractivity contribution in [1.82, 2.24) is 4.68 Å². The smallest absolute Gasteiger partial charge is 0.424 e. The average Bonchev–Trinajstić information content (AvgIpc) is 2.15. The standard InChI is InChI=1S/C5H7N3O2/c6-4-2-1-3-8(4)7-5(9)10/h1-3,7H,6H2,(H,9,10). The maximum atomic E-state index is 10.0. The normalized spacial score (nSPS) is 9.20. The lowest BCUT2D eigenvalue weighted by atomic mass is 10.6. The van der Waals surface area contributed by atoms with Gasteiger partial charge in [-0.05, 0) is 12.1 Å². The summed E-state index contributed by atoms with van der Waals surface area (Å²) in [7, 11) is 0. The Bertz CT molecular complexity index is 243. The second-order valence-electron chi connectivity index (χ2n) is 1.72.